The molecule has 30 heavy (non-hydrogen) atoms. The fourth-order valence-electron chi connectivity index (χ4n) is 2.14. The molecule has 1 aromatic heterocycles. The summed E-state index contributed by atoms with van der Waals surface area (Å²) in [7, 11) is -1.96. The average molecular weight is 439 g/mol. The van der Waals surface area contributed by atoms with E-state index in [2.05, 4.69) is 38.8 Å². The molecule has 1 heterocycles. The predicted octanol–water partition coefficient (Wildman–Crippen LogP) is 6.28. The lowest BCUT2D eigenvalue weighted by molar-refractivity contribution is 0.132. The molecular weight excluding hydrogens is 400 g/mol. The Morgan fingerprint density at radius 1 is 1.00 bits per heavy atom. The molecule has 0 aromatic carbocycles. The highest BCUT2D eigenvalue weighted by Gasteiger charge is 2.37. The van der Waals surface area contributed by atoms with Gasteiger partial charge in [-0.05, 0) is 43.1 Å². The van der Waals surface area contributed by atoms with E-state index in [1.165, 1.54) is 0 Å². The highest BCUT2D eigenvalue weighted by atomic mass is 28.4. The van der Waals surface area contributed by atoms with Crippen LogP contribution < -0.4 is 4.90 Å². The number of nitrogens with zero attached hydrogens (tertiary/aromatic N) is 2. The van der Waals surface area contributed by atoms with Gasteiger partial charge in [-0.1, -0.05) is 53.5 Å². The lowest BCUT2D eigenvalue weighted by Gasteiger charge is -2.36. The Bertz CT molecular complexity index is 666. The van der Waals surface area contributed by atoms with Crippen molar-refractivity contribution >= 4 is 26.3 Å². The molecule has 2 amide bonds. The Balaban J connectivity index is 3.01. The Morgan fingerprint density at radius 3 is 2.00 bits per heavy atom. The van der Waals surface area contributed by atoms with E-state index in [4.69, 9.17) is 13.9 Å². The van der Waals surface area contributed by atoms with Gasteiger partial charge in [0.2, 0.25) is 0 Å². The standard InChI is InChI=1S/C22H38N2O5Si/c1-8-10-15-27-20(25)24(21(26)28-16-11-9-2)19-14-12-13-18(23-19)17-29-30(6,7)22(3,4)5/h12-14H,8-11,15-17H2,1-7H3. The molecule has 1 rings (SSSR count). The first kappa shape index (κ1) is 26.1. The van der Waals surface area contributed by atoms with E-state index in [9.17, 15) is 9.59 Å². The quantitative estimate of drug-likeness (QED) is 0.316. The number of hydrogen-bond acceptors (Lipinski definition) is 6. The van der Waals surface area contributed by atoms with Gasteiger partial charge in [0, 0.05) is 0 Å². The lowest BCUT2D eigenvalue weighted by Crippen LogP contribution is -2.41. The number of carbonyl (C=O) groups is 2. The van der Waals surface area contributed by atoms with E-state index in [0.717, 1.165) is 30.6 Å². The van der Waals surface area contributed by atoms with Gasteiger partial charge in [0.25, 0.3) is 0 Å². The molecule has 7 nitrogen and oxygen atoms in total. The first-order valence-corrected chi connectivity index (χ1v) is 13.7. The number of pyridine rings is 1. The van der Waals surface area contributed by atoms with Crippen LogP contribution in [0.4, 0.5) is 15.4 Å². The number of unbranched alkanes of at least 4 members (excludes halogenated alkanes) is 2. The van der Waals surface area contributed by atoms with Gasteiger partial charge in [-0.2, -0.15) is 4.90 Å². The number of anilines is 1. The molecule has 0 N–H and O–H groups in total. The molecule has 0 bridgehead atoms. The smallest absolute Gasteiger partial charge is 0.425 e. The number of ether oxygens (including phenoxy) is 2. The van der Waals surface area contributed by atoms with Crippen LogP contribution in [0.2, 0.25) is 18.1 Å². The van der Waals surface area contributed by atoms with Gasteiger partial charge in [0.05, 0.1) is 25.5 Å². The van der Waals surface area contributed by atoms with Crippen LogP contribution in [0.25, 0.3) is 0 Å². The Morgan fingerprint density at radius 2 is 1.53 bits per heavy atom. The number of rotatable bonds is 10. The number of imide groups is 1. The second-order valence-corrected chi connectivity index (χ2v) is 13.6. The molecule has 1 aromatic rings. The van der Waals surface area contributed by atoms with Gasteiger partial charge in [0.1, 0.15) is 5.82 Å². The summed E-state index contributed by atoms with van der Waals surface area (Å²) in [6.45, 7) is 15.6. The predicted molar refractivity (Wildman–Crippen MR) is 121 cm³/mol. The molecule has 0 aliphatic rings. The van der Waals surface area contributed by atoms with Gasteiger partial charge >= 0.3 is 12.2 Å². The Hall–Kier alpha value is -1.93. The summed E-state index contributed by atoms with van der Waals surface area (Å²) < 4.78 is 16.7. The van der Waals surface area contributed by atoms with Crippen LogP contribution in [0, 0.1) is 0 Å². The molecule has 0 fully saturated rings. The maximum absolute atomic E-state index is 12.6. The van der Waals surface area contributed by atoms with Crippen molar-refractivity contribution in [2.24, 2.45) is 0 Å². The van der Waals surface area contributed by atoms with Crippen molar-refractivity contribution in [3.05, 3.63) is 23.9 Å². The molecule has 0 aliphatic heterocycles. The Labute approximate surface area is 182 Å². The summed E-state index contributed by atoms with van der Waals surface area (Å²) in [5.41, 5.74) is 0.644. The summed E-state index contributed by atoms with van der Waals surface area (Å²) in [6, 6.07) is 5.16. The highest BCUT2D eigenvalue weighted by molar-refractivity contribution is 6.74. The molecule has 0 atom stereocenters. The maximum Gasteiger partial charge on any atom is 0.425 e. The molecule has 170 valence electrons. The molecule has 8 heteroatoms. The second kappa shape index (κ2) is 12.1. The first-order valence-electron chi connectivity index (χ1n) is 10.8. The van der Waals surface area contributed by atoms with Crippen LogP contribution in [-0.2, 0) is 20.5 Å². The van der Waals surface area contributed by atoms with Crippen LogP contribution in [0.1, 0.15) is 66.0 Å². The first-order chi connectivity index (χ1) is 14.0. The maximum atomic E-state index is 12.6. The molecule has 0 aliphatic carbocycles. The van der Waals surface area contributed by atoms with Gasteiger partial charge in [-0.3, -0.25) is 0 Å². The minimum absolute atomic E-state index is 0.0722. The monoisotopic (exact) mass is 438 g/mol. The van der Waals surface area contributed by atoms with Gasteiger partial charge in [-0.15, -0.1) is 0 Å². The SMILES string of the molecule is CCCCOC(=O)N(C(=O)OCCCC)c1cccc(CO[Si](C)(C)C(C)(C)C)n1. The van der Waals surface area contributed by atoms with Crippen molar-refractivity contribution in [3.8, 4) is 0 Å². The van der Waals surface area contributed by atoms with E-state index in [0.29, 0.717) is 12.3 Å². The lowest BCUT2D eigenvalue weighted by atomic mass is 10.2. The summed E-state index contributed by atoms with van der Waals surface area (Å²) in [5.74, 6) is 0.175. The van der Waals surface area contributed by atoms with E-state index in [1.807, 2.05) is 19.9 Å². The minimum Gasteiger partial charge on any atom is -0.449 e. The summed E-state index contributed by atoms with van der Waals surface area (Å²) >= 11 is 0. The van der Waals surface area contributed by atoms with E-state index >= 15 is 0 Å². The summed E-state index contributed by atoms with van der Waals surface area (Å²) in [5, 5.41) is 0.0722. The van der Waals surface area contributed by atoms with Crippen LogP contribution in [0.3, 0.4) is 0 Å². The molecule has 0 saturated carbocycles. The van der Waals surface area contributed by atoms with Crippen molar-refractivity contribution in [2.45, 2.75) is 85.0 Å². The van der Waals surface area contributed by atoms with Crippen LogP contribution in [0.5, 0.6) is 0 Å². The van der Waals surface area contributed by atoms with Crippen molar-refractivity contribution in [2.75, 3.05) is 18.1 Å². The zero-order valence-corrected chi connectivity index (χ0v) is 20.6. The minimum atomic E-state index is -1.96. The van der Waals surface area contributed by atoms with E-state index < -0.39 is 20.5 Å². The van der Waals surface area contributed by atoms with Gasteiger partial charge in [-0.25, -0.2) is 14.6 Å². The van der Waals surface area contributed by atoms with Crippen molar-refractivity contribution in [3.63, 3.8) is 0 Å². The van der Waals surface area contributed by atoms with Crippen LogP contribution in [-0.4, -0.2) is 38.7 Å². The second-order valence-electron chi connectivity index (χ2n) is 8.81. The number of amides is 2. The Kier molecular flexibility index (Phi) is 10.5. The van der Waals surface area contributed by atoms with Crippen LogP contribution >= 0.6 is 0 Å². The molecule has 0 unspecified atom stereocenters. The fraction of sp³-hybridized carbons (Fsp3) is 0.682. The van der Waals surface area contributed by atoms with Crippen LogP contribution in [0.15, 0.2) is 18.2 Å². The third-order valence-corrected chi connectivity index (χ3v) is 9.70. The number of hydrogen-bond donors (Lipinski definition) is 0. The van der Waals surface area contributed by atoms with E-state index in [-0.39, 0.29) is 24.1 Å². The molecular formula is C22H38N2O5Si. The van der Waals surface area contributed by atoms with Crippen molar-refractivity contribution < 1.29 is 23.5 Å². The van der Waals surface area contributed by atoms with Gasteiger partial charge in [0.15, 0.2) is 8.32 Å². The zero-order valence-electron chi connectivity index (χ0n) is 19.6. The molecule has 0 saturated heterocycles. The molecule has 0 radical (unpaired) electrons. The fourth-order valence-corrected chi connectivity index (χ4v) is 3.08. The van der Waals surface area contributed by atoms with Gasteiger partial charge < -0.3 is 13.9 Å². The number of carbonyl (C=O) groups excluding carboxylic acids is 2. The summed E-state index contributed by atoms with van der Waals surface area (Å²) in [4.78, 5) is 30.5. The topological polar surface area (TPSA) is 78.0 Å². The highest BCUT2D eigenvalue weighted by Crippen LogP contribution is 2.37. The zero-order chi connectivity index (χ0) is 22.8. The molecule has 0 spiro atoms. The van der Waals surface area contributed by atoms with Crippen molar-refractivity contribution in [1.29, 1.82) is 0 Å². The largest absolute Gasteiger partial charge is 0.449 e. The normalized spacial score (nSPS) is 11.8. The average Bonchev–Trinajstić information content (AvgIpc) is 2.66. The van der Waals surface area contributed by atoms with Crippen molar-refractivity contribution in [1.82, 2.24) is 4.98 Å². The van der Waals surface area contributed by atoms with E-state index in [1.54, 1.807) is 12.1 Å². The third-order valence-electron chi connectivity index (χ3n) is 5.22. The number of aromatic nitrogens is 1. The third kappa shape index (κ3) is 8.06. The summed E-state index contributed by atoms with van der Waals surface area (Å²) in [6.07, 6.45) is 1.65.